The molecule has 5 rings (SSSR count). The van der Waals surface area contributed by atoms with Crippen molar-refractivity contribution < 1.29 is 21.8 Å². The molecular weight excluding hydrogens is 564 g/mol. The highest BCUT2D eigenvalue weighted by Gasteiger charge is 2.32. The lowest BCUT2D eigenvalue weighted by molar-refractivity contribution is 0.125. The minimum atomic E-state index is -3.65. The fourth-order valence-corrected chi connectivity index (χ4v) is 7.63. The quantitative estimate of drug-likeness (QED) is 0.321. The number of nitrogens with two attached hydrogens (primary N) is 1. The molecule has 0 spiro atoms. The second-order valence-corrected chi connectivity index (χ2v) is 13.1. The summed E-state index contributed by atoms with van der Waals surface area (Å²) in [7, 11) is -3.65. The normalized spacial score (nSPS) is 16.3. The van der Waals surface area contributed by atoms with Crippen molar-refractivity contribution in [1.82, 2.24) is 18.2 Å². The number of halogens is 1. The van der Waals surface area contributed by atoms with E-state index in [0.29, 0.717) is 30.3 Å². The van der Waals surface area contributed by atoms with Crippen molar-refractivity contribution in [3.8, 4) is 10.4 Å². The fourth-order valence-electron chi connectivity index (χ4n) is 4.43. The molecule has 14 heteroatoms. The molecule has 0 unspecified atom stereocenters. The predicted molar refractivity (Wildman–Crippen MR) is 152 cm³/mol. The minimum Gasteiger partial charge on any atom is -0.447 e. The number of nitrogens with zero attached hydrogens (tertiary/aromatic N) is 4. The van der Waals surface area contributed by atoms with E-state index in [1.165, 1.54) is 39.9 Å². The first kappa shape index (κ1) is 29.3. The number of nitrogens with one attached hydrogen (secondary N) is 1. The molecule has 212 valence electrons. The van der Waals surface area contributed by atoms with Crippen LogP contribution in [-0.4, -0.2) is 52.0 Å². The third-order valence-corrected chi connectivity index (χ3v) is 10.0. The Morgan fingerprint density at radius 2 is 1.95 bits per heavy atom. The molecule has 3 aromatic rings. The number of carbonyl (C=O) groups excluding carboxylic acids is 1. The molecule has 10 nitrogen and oxygen atoms in total. The van der Waals surface area contributed by atoms with Crippen molar-refractivity contribution in [3.05, 3.63) is 41.8 Å². The van der Waals surface area contributed by atoms with Crippen molar-refractivity contribution in [2.45, 2.75) is 69.3 Å². The SMILES string of the molecule is CC(C)OC(N)=O.O=S(=O)(c1cc(Nc2nccn2SF)ccc1-c1cnc(C2CCCCC2)s1)N1CCC1. The second kappa shape index (κ2) is 13.1. The van der Waals surface area contributed by atoms with Crippen molar-refractivity contribution in [1.29, 1.82) is 0 Å². The van der Waals surface area contributed by atoms with Gasteiger partial charge >= 0.3 is 6.09 Å². The molecule has 0 radical (unpaired) electrons. The summed E-state index contributed by atoms with van der Waals surface area (Å²) < 4.78 is 47.0. The van der Waals surface area contributed by atoms with Crippen LogP contribution in [0.4, 0.5) is 20.3 Å². The van der Waals surface area contributed by atoms with Gasteiger partial charge in [0, 0.05) is 48.8 Å². The molecule has 0 bridgehead atoms. The molecule has 3 N–H and O–H groups in total. The Morgan fingerprint density at radius 3 is 2.54 bits per heavy atom. The van der Waals surface area contributed by atoms with Gasteiger partial charge in [-0.1, -0.05) is 25.3 Å². The van der Waals surface area contributed by atoms with Gasteiger partial charge in [-0.2, -0.15) is 4.31 Å². The van der Waals surface area contributed by atoms with Gasteiger partial charge in [-0.15, -0.1) is 15.2 Å². The molecule has 1 saturated heterocycles. The molecule has 1 aromatic carbocycles. The number of ether oxygens (including phenoxy) is 1. The molecule has 1 aliphatic heterocycles. The van der Waals surface area contributed by atoms with Gasteiger partial charge in [0.15, 0.2) is 12.3 Å². The van der Waals surface area contributed by atoms with Crippen LogP contribution in [0.5, 0.6) is 0 Å². The molecule has 2 aliphatic rings. The number of imidazole rings is 1. The second-order valence-electron chi connectivity index (χ2n) is 9.62. The molecule has 39 heavy (non-hydrogen) atoms. The summed E-state index contributed by atoms with van der Waals surface area (Å²) in [5.41, 5.74) is 5.82. The van der Waals surface area contributed by atoms with E-state index in [1.807, 2.05) is 6.07 Å². The number of sulfonamides is 1. The van der Waals surface area contributed by atoms with Gasteiger partial charge in [-0.25, -0.2) is 27.2 Å². The van der Waals surface area contributed by atoms with Crippen LogP contribution in [0.2, 0.25) is 0 Å². The number of rotatable bonds is 8. The van der Waals surface area contributed by atoms with Gasteiger partial charge in [-0.05, 0) is 45.2 Å². The van der Waals surface area contributed by atoms with Crippen LogP contribution >= 0.6 is 23.7 Å². The zero-order valence-corrected chi connectivity index (χ0v) is 24.3. The molecule has 3 heterocycles. The highest BCUT2D eigenvalue weighted by molar-refractivity contribution is 7.92. The lowest BCUT2D eigenvalue weighted by Crippen LogP contribution is -2.42. The number of hydrogen-bond donors (Lipinski definition) is 2. The number of aromatic nitrogens is 3. The first-order chi connectivity index (χ1) is 18.7. The maximum Gasteiger partial charge on any atom is 0.404 e. The van der Waals surface area contributed by atoms with Crippen LogP contribution in [0.1, 0.15) is 63.3 Å². The number of amides is 1. The predicted octanol–water partition coefficient (Wildman–Crippen LogP) is 6.06. The summed E-state index contributed by atoms with van der Waals surface area (Å²) in [5.74, 6) is 0.755. The zero-order chi connectivity index (χ0) is 28.0. The maximum atomic E-state index is 13.4. The number of carbonyl (C=O) groups is 1. The third-order valence-electron chi connectivity index (χ3n) is 6.45. The molecular formula is C25H33FN6O4S3. The summed E-state index contributed by atoms with van der Waals surface area (Å²) in [5, 5.41) is 4.12. The van der Waals surface area contributed by atoms with Crippen LogP contribution in [0.25, 0.3) is 10.4 Å². The Kier molecular flexibility index (Phi) is 9.86. The first-order valence-electron chi connectivity index (χ1n) is 12.8. The molecule has 1 saturated carbocycles. The molecule has 2 fully saturated rings. The highest BCUT2D eigenvalue weighted by atomic mass is 32.2. The number of primary amides is 1. The molecule has 1 aliphatic carbocycles. The Morgan fingerprint density at radius 1 is 1.21 bits per heavy atom. The summed E-state index contributed by atoms with van der Waals surface area (Å²) >= 11 is 1.62. The van der Waals surface area contributed by atoms with E-state index in [4.69, 9.17) is 0 Å². The summed E-state index contributed by atoms with van der Waals surface area (Å²) in [6, 6.07) is 5.22. The topological polar surface area (TPSA) is 132 Å². The Bertz CT molecular complexity index is 1370. The van der Waals surface area contributed by atoms with Gasteiger partial charge < -0.3 is 15.8 Å². The lowest BCUT2D eigenvalue weighted by atomic mass is 9.90. The smallest absolute Gasteiger partial charge is 0.404 e. The summed E-state index contributed by atoms with van der Waals surface area (Å²) in [6.45, 7) is 4.53. The van der Waals surface area contributed by atoms with Crippen molar-refractivity contribution >= 4 is 51.4 Å². The van der Waals surface area contributed by atoms with Crippen LogP contribution in [0.3, 0.4) is 0 Å². The largest absolute Gasteiger partial charge is 0.447 e. The summed E-state index contributed by atoms with van der Waals surface area (Å²) in [4.78, 5) is 19.7. The fraction of sp³-hybridized carbons (Fsp3) is 0.480. The van der Waals surface area contributed by atoms with Crippen LogP contribution in [0, 0.1) is 0 Å². The standard InChI is InChI=1S/C21H24FN5O2S3.C4H9NO2/c22-31-27-12-9-23-21(27)25-16-7-8-17(19(13-16)32(28,29)26-10-4-11-26)18-14-24-20(30-18)15-5-2-1-3-6-15;1-3(2)7-4(5)6/h7-9,12-15H,1-6,10-11H2,(H,23,25);3H,1-2H3,(H2,5,6). The van der Waals surface area contributed by atoms with Crippen molar-refractivity contribution in [2.75, 3.05) is 18.4 Å². The van der Waals surface area contributed by atoms with Crippen LogP contribution < -0.4 is 11.1 Å². The molecule has 1 amide bonds. The van der Waals surface area contributed by atoms with E-state index < -0.39 is 16.1 Å². The first-order valence-corrected chi connectivity index (χ1v) is 15.8. The maximum absolute atomic E-state index is 13.4. The third kappa shape index (κ3) is 7.29. The van der Waals surface area contributed by atoms with Gasteiger partial charge in [0.1, 0.15) is 0 Å². The number of hydrogen-bond acceptors (Lipinski definition) is 9. The van der Waals surface area contributed by atoms with E-state index in [2.05, 4.69) is 25.8 Å². The van der Waals surface area contributed by atoms with E-state index in [1.54, 1.807) is 43.5 Å². The number of thiazole rings is 1. The Labute approximate surface area is 236 Å². The van der Waals surface area contributed by atoms with Crippen LogP contribution in [-0.2, 0) is 14.8 Å². The average Bonchev–Trinajstić information content (AvgIpc) is 3.52. The Hall–Kier alpha value is -2.68. The minimum absolute atomic E-state index is 0.0236. The van der Waals surface area contributed by atoms with Gasteiger partial charge in [0.2, 0.25) is 16.0 Å². The van der Waals surface area contributed by atoms with E-state index in [0.717, 1.165) is 29.1 Å². The molecule has 0 atom stereocenters. The van der Waals surface area contributed by atoms with E-state index in [-0.39, 0.29) is 29.3 Å². The highest BCUT2D eigenvalue weighted by Crippen LogP contribution is 2.41. The Balaban J connectivity index is 0.000000448. The van der Waals surface area contributed by atoms with E-state index in [9.17, 15) is 17.1 Å². The van der Waals surface area contributed by atoms with Crippen molar-refractivity contribution in [2.24, 2.45) is 5.73 Å². The lowest BCUT2D eigenvalue weighted by Gasteiger charge is -2.30. The van der Waals surface area contributed by atoms with Gasteiger partial charge in [0.25, 0.3) is 0 Å². The number of benzene rings is 1. The van der Waals surface area contributed by atoms with Crippen LogP contribution in [0.15, 0.2) is 41.7 Å². The summed E-state index contributed by atoms with van der Waals surface area (Å²) in [6.07, 6.45) is 10.8. The zero-order valence-electron chi connectivity index (χ0n) is 21.9. The van der Waals surface area contributed by atoms with Gasteiger partial charge in [0.05, 0.1) is 20.9 Å². The van der Waals surface area contributed by atoms with E-state index >= 15 is 0 Å². The average molecular weight is 597 g/mol. The molecule has 2 aromatic heterocycles. The number of anilines is 2. The van der Waals surface area contributed by atoms with Crippen molar-refractivity contribution in [3.63, 3.8) is 0 Å². The van der Waals surface area contributed by atoms with Gasteiger partial charge in [-0.3, -0.25) is 0 Å². The monoisotopic (exact) mass is 596 g/mol.